The maximum Gasteiger partial charge on any atom is 0.196 e. The lowest BCUT2D eigenvalue weighted by Crippen LogP contribution is -2.03. The minimum Gasteiger partial charge on any atom is -0.497 e. The lowest BCUT2D eigenvalue weighted by molar-refractivity contribution is 0.101. The molecule has 0 radical (unpaired) electrons. The van der Waals surface area contributed by atoms with Gasteiger partial charge in [0, 0.05) is 17.3 Å². The number of hydrogen-bond acceptors (Lipinski definition) is 6. The van der Waals surface area contributed by atoms with Crippen LogP contribution in [-0.2, 0) is 0 Å². The van der Waals surface area contributed by atoms with Gasteiger partial charge in [-0.15, -0.1) is 11.3 Å². The Morgan fingerprint density at radius 3 is 2.21 bits per heavy atom. The van der Waals surface area contributed by atoms with Gasteiger partial charge in [0.1, 0.15) is 27.9 Å². The molecule has 166 valence electrons. The number of carbonyl (C=O) groups is 1. The van der Waals surface area contributed by atoms with E-state index in [0.29, 0.717) is 10.6 Å². The van der Waals surface area contributed by atoms with Gasteiger partial charge in [0.05, 0.1) is 19.9 Å². The summed E-state index contributed by atoms with van der Waals surface area (Å²) in [7, 11) is 3.26. The maximum absolute atomic E-state index is 13.2. The molecule has 6 heteroatoms. The van der Waals surface area contributed by atoms with E-state index >= 15 is 0 Å². The Morgan fingerprint density at radius 2 is 1.58 bits per heavy atom. The molecule has 3 aromatic carbocycles. The van der Waals surface area contributed by atoms with Gasteiger partial charge >= 0.3 is 0 Å². The first-order valence-corrected chi connectivity index (χ1v) is 11.3. The third-order valence-corrected chi connectivity index (χ3v) is 6.34. The van der Waals surface area contributed by atoms with Crippen LogP contribution in [0.1, 0.15) is 20.8 Å². The van der Waals surface area contributed by atoms with E-state index in [9.17, 15) is 4.79 Å². The molecule has 0 unspecified atom stereocenters. The van der Waals surface area contributed by atoms with Gasteiger partial charge in [-0.2, -0.15) is 0 Å². The van der Waals surface area contributed by atoms with Crippen LogP contribution in [0.5, 0.6) is 11.5 Å². The lowest BCUT2D eigenvalue weighted by Gasteiger charge is -2.03. The monoisotopic (exact) mass is 456 g/mol. The molecule has 4 rings (SSSR count). The molecule has 0 saturated heterocycles. The highest BCUT2D eigenvalue weighted by Crippen LogP contribution is 2.36. The first-order valence-electron chi connectivity index (χ1n) is 10.5. The van der Waals surface area contributed by atoms with Crippen LogP contribution in [0.2, 0.25) is 0 Å². The predicted molar refractivity (Wildman–Crippen MR) is 134 cm³/mol. The van der Waals surface area contributed by atoms with Gasteiger partial charge in [0.15, 0.2) is 5.78 Å². The Hall–Kier alpha value is -3.77. The van der Waals surface area contributed by atoms with E-state index in [4.69, 9.17) is 14.5 Å². The number of aryl methyl sites for hydroxylation is 1. The first-order chi connectivity index (χ1) is 16.1. The Balaban J connectivity index is 1.65. The zero-order chi connectivity index (χ0) is 23.2. The van der Waals surface area contributed by atoms with Crippen molar-refractivity contribution in [3.05, 3.63) is 88.8 Å². The molecule has 0 spiro atoms. The van der Waals surface area contributed by atoms with Crippen LogP contribution in [0, 0.1) is 6.92 Å². The molecule has 0 amide bonds. The van der Waals surface area contributed by atoms with Crippen molar-refractivity contribution in [1.82, 2.24) is 4.98 Å². The summed E-state index contributed by atoms with van der Waals surface area (Å²) in [5.41, 5.74) is 4.59. The van der Waals surface area contributed by atoms with Gasteiger partial charge in [0.2, 0.25) is 0 Å². The van der Waals surface area contributed by atoms with E-state index in [1.165, 1.54) is 11.3 Å². The van der Waals surface area contributed by atoms with Gasteiger partial charge in [-0.3, -0.25) is 9.79 Å². The fourth-order valence-electron chi connectivity index (χ4n) is 3.38. The summed E-state index contributed by atoms with van der Waals surface area (Å²) in [6.07, 6.45) is 1.70. The number of aliphatic imine (C=N–C) groups is 1. The quantitative estimate of drug-likeness (QED) is 0.237. The summed E-state index contributed by atoms with van der Waals surface area (Å²) in [6.45, 7) is 2.09. The predicted octanol–water partition coefficient (Wildman–Crippen LogP) is 6.10. The molecule has 0 atom stereocenters. The molecule has 0 bridgehead atoms. The second kappa shape index (κ2) is 10.2. The summed E-state index contributed by atoms with van der Waals surface area (Å²) >= 11 is 1.41. The standard InChI is InChI=1S/C27H24N2O3S/c1-18-6-4-5-7-23(18)27-29-25(20-10-14-22(32-3)15-11-20)26(33-27)24(30)17-28-16-19-8-12-21(31-2)13-9-19/h4-16H,17H2,1-3H3. The summed E-state index contributed by atoms with van der Waals surface area (Å²) < 4.78 is 10.4. The van der Waals surface area contributed by atoms with Gasteiger partial charge < -0.3 is 9.47 Å². The number of thiazole rings is 1. The minimum atomic E-state index is -0.0667. The molecule has 4 aromatic rings. The number of rotatable bonds is 8. The highest BCUT2D eigenvalue weighted by molar-refractivity contribution is 7.17. The Kier molecular flexibility index (Phi) is 6.95. The Labute approximate surface area is 197 Å². The SMILES string of the molecule is COc1ccc(C=NCC(=O)c2sc(-c3ccccc3C)nc2-c2ccc(OC)cc2)cc1. The number of ether oxygens (including phenoxy) is 2. The number of hydrogen-bond donors (Lipinski definition) is 0. The molecule has 0 aliphatic rings. The topological polar surface area (TPSA) is 60.8 Å². The van der Waals surface area contributed by atoms with Crippen molar-refractivity contribution in [2.24, 2.45) is 4.99 Å². The molecule has 0 fully saturated rings. The Morgan fingerprint density at radius 1 is 0.939 bits per heavy atom. The van der Waals surface area contributed by atoms with Crippen LogP contribution in [0.4, 0.5) is 0 Å². The average molecular weight is 457 g/mol. The fraction of sp³-hybridized carbons (Fsp3) is 0.148. The van der Waals surface area contributed by atoms with E-state index in [0.717, 1.165) is 38.8 Å². The van der Waals surface area contributed by atoms with Gasteiger partial charge in [-0.05, 0) is 66.6 Å². The van der Waals surface area contributed by atoms with E-state index in [1.807, 2.05) is 79.7 Å². The number of ketones is 1. The number of carbonyl (C=O) groups excluding carboxylic acids is 1. The number of nitrogens with zero attached hydrogens (tertiary/aromatic N) is 2. The van der Waals surface area contributed by atoms with Crippen LogP contribution in [0.25, 0.3) is 21.8 Å². The largest absolute Gasteiger partial charge is 0.497 e. The molecule has 0 saturated carbocycles. The van der Waals surface area contributed by atoms with Crippen molar-refractivity contribution in [2.75, 3.05) is 20.8 Å². The van der Waals surface area contributed by atoms with Crippen LogP contribution in [0.15, 0.2) is 77.8 Å². The maximum atomic E-state index is 13.2. The molecular formula is C27H24N2O3S. The van der Waals surface area contributed by atoms with Gasteiger partial charge in [-0.25, -0.2) is 4.98 Å². The van der Waals surface area contributed by atoms with E-state index in [1.54, 1.807) is 20.4 Å². The van der Waals surface area contributed by atoms with E-state index < -0.39 is 0 Å². The van der Waals surface area contributed by atoms with Crippen molar-refractivity contribution in [3.8, 4) is 33.3 Å². The summed E-state index contributed by atoms with van der Waals surface area (Å²) in [5, 5.41) is 0.821. The van der Waals surface area contributed by atoms with Crippen molar-refractivity contribution in [2.45, 2.75) is 6.92 Å². The molecule has 33 heavy (non-hydrogen) atoms. The van der Waals surface area contributed by atoms with E-state index in [2.05, 4.69) is 4.99 Å². The summed E-state index contributed by atoms with van der Waals surface area (Å²) in [5.74, 6) is 1.47. The van der Waals surface area contributed by atoms with Crippen LogP contribution < -0.4 is 9.47 Å². The minimum absolute atomic E-state index is 0.0462. The van der Waals surface area contributed by atoms with Crippen LogP contribution in [-0.4, -0.2) is 37.7 Å². The molecule has 0 aliphatic carbocycles. The van der Waals surface area contributed by atoms with E-state index in [-0.39, 0.29) is 12.3 Å². The smallest absolute Gasteiger partial charge is 0.196 e. The highest BCUT2D eigenvalue weighted by Gasteiger charge is 2.20. The molecular weight excluding hydrogens is 432 g/mol. The summed E-state index contributed by atoms with van der Waals surface area (Å²) in [6, 6.07) is 23.2. The molecule has 1 heterocycles. The number of benzene rings is 3. The van der Waals surface area contributed by atoms with Crippen molar-refractivity contribution >= 4 is 23.3 Å². The lowest BCUT2D eigenvalue weighted by atomic mass is 10.1. The number of methoxy groups -OCH3 is 2. The third-order valence-electron chi connectivity index (χ3n) is 5.21. The number of aromatic nitrogens is 1. The average Bonchev–Trinajstić information content (AvgIpc) is 3.30. The zero-order valence-corrected chi connectivity index (χ0v) is 19.6. The molecule has 0 N–H and O–H groups in total. The zero-order valence-electron chi connectivity index (χ0n) is 18.7. The van der Waals surface area contributed by atoms with Gasteiger partial charge in [0.25, 0.3) is 0 Å². The Bertz CT molecular complexity index is 1280. The van der Waals surface area contributed by atoms with Crippen LogP contribution >= 0.6 is 11.3 Å². The summed E-state index contributed by atoms with van der Waals surface area (Å²) in [4.78, 5) is 23.0. The highest BCUT2D eigenvalue weighted by atomic mass is 32.1. The molecule has 5 nitrogen and oxygen atoms in total. The second-order valence-corrected chi connectivity index (χ2v) is 8.41. The van der Waals surface area contributed by atoms with Gasteiger partial charge in [-0.1, -0.05) is 24.3 Å². The van der Waals surface area contributed by atoms with Crippen molar-refractivity contribution < 1.29 is 14.3 Å². The normalized spacial score (nSPS) is 11.0. The fourth-order valence-corrected chi connectivity index (χ4v) is 4.49. The van der Waals surface area contributed by atoms with Crippen molar-refractivity contribution in [3.63, 3.8) is 0 Å². The van der Waals surface area contributed by atoms with Crippen LogP contribution in [0.3, 0.4) is 0 Å². The second-order valence-electron chi connectivity index (χ2n) is 7.41. The number of Topliss-reactive ketones (excluding diaryl/α,β-unsaturated/α-hetero) is 1. The van der Waals surface area contributed by atoms with Crippen molar-refractivity contribution in [1.29, 1.82) is 0 Å². The molecule has 1 aromatic heterocycles. The first kappa shape index (κ1) is 22.4. The molecule has 0 aliphatic heterocycles. The third kappa shape index (κ3) is 5.18.